The highest BCUT2D eigenvalue weighted by atomic mass is 79.9. The van der Waals surface area contributed by atoms with E-state index in [0.717, 1.165) is 21.5 Å². The maximum Gasteiger partial charge on any atom is 0.144 e. The summed E-state index contributed by atoms with van der Waals surface area (Å²) >= 11 is 3.39. The number of nitrogens with zero attached hydrogens (tertiary/aromatic N) is 4. The molecule has 2 heterocycles. The van der Waals surface area contributed by atoms with E-state index in [2.05, 4.69) is 36.3 Å². The van der Waals surface area contributed by atoms with Crippen LogP contribution in [0.15, 0.2) is 23.2 Å². The number of aryl methyl sites for hydroxylation is 2. The van der Waals surface area contributed by atoms with Crippen LogP contribution < -0.4 is 5.32 Å². The molecule has 0 aliphatic carbocycles. The summed E-state index contributed by atoms with van der Waals surface area (Å²) in [5.41, 5.74) is 2.19. The van der Waals surface area contributed by atoms with Crippen molar-refractivity contribution in [2.75, 3.05) is 5.32 Å². The monoisotopic (exact) mass is 281 g/mol. The topological polar surface area (TPSA) is 55.6 Å². The van der Waals surface area contributed by atoms with Crippen LogP contribution in [0, 0.1) is 6.92 Å². The molecule has 84 valence electrons. The van der Waals surface area contributed by atoms with Crippen molar-refractivity contribution in [2.45, 2.75) is 13.5 Å². The van der Waals surface area contributed by atoms with E-state index in [0.29, 0.717) is 6.54 Å². The van der Waals surface area contributed by atoms with E-state index in [9.17, 15) is 0 Å². The van der Waals surface area contributed by atoms with Gasteiger partial charge in [-0.2, -0.15) is 5.10 Å². The minimum Gasteiger partial charge on any atom is -0.365 e. The second-order valence-electron chi connectivity index (χ2n) is 3.49. The van der Waals surface area contributed by atoms with E-state index in [1.54, 1.807) is 10.9 Å². The summed E-state index contributed by atoms with van der Waals surface area (Å²) in [6, 6.07) is 0. The SMILES string of the molecule is Cc1nn(C)cc1CNc1ncncc1Br. The molecule has 0 aliphatic heterocycles. The standard InChI is InChI=1S/C10H12BrN5/c1-7-8(5-16(2)15-7)3-13-10-9(11)4-12-6-14-10/h4-6H,3H2,1-2H3,(H,12,13,14). The van der Waals surface area contributed by atoms with Gasteiger partial charge in [-0.3, -0.25) is 4.68 Å². The highest BCUT2D eigenvalue weighted by Gasteiger charge is 2.04. The number of halogens is 1. The Bertz CT molecular complexity index is 494. The summed E-state index contributed by atoms with van der Waals surface area (Å²) in [6.45, 7) is 2.70. The number of anilines is 1. The minimum atomic E-state index is 0.704. The fourth-order valence-electron chi connectivity index (χ4n) is 1.44. The molecule has 5 nitrogen and oxygen atoms in total. The Balaban J connectivity index is 2.08. The maximum absolute atomic E-state index is 4.28. The van der Waals surface area contributed by atoms with Gasteiger partial charge in [0.2, 0.25) is 0 Å². The Morgan fingerprint density at radius 2 is 2.31 bits per heavy atom. The quantitative estimate of drug-likeness (QED) is 0.934. The second-order valence-corrected chi connectivity index (χ2v) is 4.34. The lowest BCUT2D eigenvalue weighted by Gasteiger charge is -2.05. The lowest BCUT2D eigenvalue weighted by atomic mass is 10.2. The van der Waals surface area contributed by atoms with Crippen LogP contribution in [0.3, 0.4) is 0 Å². The van der Waals surface area contributed by atoms with Crippen molar-refractivity contribution >= 4 is 21.7 Å². The molecular formula is C10H12BrN5. The zero-order chi connectivity index (χ0) is 11.5. The third kappa shape index (κ3) is 2.38. The summed E-state index contributed by atoms with van der Waals surface area (Å²) in [5.74, 6) is 0.790. The number of aromatic nitrogens is 4. The first-order valence-electron chi connectivity index (χ1n) is 4.85. The van der Waals surface area contributed by atoms with Crippen molar-refractivity contribution in [3.63, 3.8) is 0 Å². The zero-order valence-corrected chi connectivity index (χ0v) is 10.7. The van der Waals surface area contributed by atoms with Crippen molar-refractivity contribution < 1.29 is 0 Å². The molecular weight excluding hydrogens is 270 g/mol. The van der Waals surface area contributed by atoms with E-state index >= 15 is 0 Å². The molecule has 2 rings (SSSR count). The van der Waals surface area contributed by atoms with Crippen LogP contribution in [0.2, 0.25) is 0 Å². The molecule has 0 fully saturated rings. The van der Waals surface area contributed by atoms with Crippen LogP contribution in [-0.2, 0) is 13.6 Å². The van der Waals surface area contributed by atoms with Gasteiger partial charge in [-0.15, -0.1) is 0 Å². The molecule has 0 amide bonds. The van der Waals surface area contributed by atoms with Gasteiger partial charge in [0.1, 0.15) is 12.1 Å². The first-order chi connectivity index (χ1) is 7.66. The first kappa shape index (κ1) is 11.1. The molecule has 0 bridgehead atoms. The van der Waals surface area contributed by atoms with Gasteiger partial charge in [0, 0.05) is 31.5 Å². The second kappa shape index (κ2) is 4.61. The van der Waals surface area contributed by atoms with Crippen molar-refractivity contribution in [1.82, 2.24) is 19.7 Å². The Morgan fingerprint density at radius 3 is 2.94 bits per heavy atom. The van der Waals surface area contributed by atoms with Gasteiger partial charge in [-0.25, -0.2) is 9.97 Å². The van der Waals surface area contributed by atoms with Gasteiger partial charge in [0.25, 0.3) is 0 Å². The van der Waals surface area contributed by atoms with Gasteiger partial charge >= 0.3 is 0 Å². The first-order valence-corrected chi connectivity index (χ1v) is 5.64. The molecule has 2 aromatic rings. The summed E-state index contributed by atoms with van der Waals surface area (Å²) in [5, 5.41) is 7.51. The largest absolute Gasteiger partial charge is 0.365 e. The van der Waals surface area contributed by atoms with Gasteiger partial charge in [-0.05, 0) is 22.9 Å². The molecule has 0 atom stereocenters. The van der Waals surface area contributed by atoms with Crippen molar-refractivity contribution in [3.05, 3.63) is 34.5 Å². The Hall–Kier alpha value is -1.43. The van der Waals surface area contributed by atoms with Gasteiger partial charge in [0.05, 0.1) is 10.2 Å². The highest BCUT2D eigenvalue weighted by Crippen LogP contribution is 2.18. The smallest absolute Gasteiger partial charge is 0.144 e. The van der Waals surface area contributed by atoms with Gasteiger partial charge in [0.15, 0.2) is 0 Å². The Kier molecular flexibility index (Phi) is 3.19. The van der Waals surface area contributed by atoms with Crippen molar-refractivity contribution in [1.29, 1.82) is 0 Å². The Morgan fingerprint density at radius 1 is 1.50 bits per heavy atom. The van der Waals surface area contributed by atoms with Crippen LogP contribution in [0.5, 0.6) is 0 Å². The van der Waals surface area contributed by atoms with Gasteiger partial charge < -0.3 is 5.32 Å². The fraction of sp³-hybridized carbons (Fsp3) is 0.300. The number of hydrogen-bond acceptors (Lipinski definition) is 4. The number of rotatable bonds is 3. The van der Waals surface area contributed by atoms with Crippen LogP contribution in [0.25, 0.3) is 0 Å². The average Bonchev–Trinajstić information content (AvgIpc) is 2.56. The average molecular weight is 282 g/mol. The zero-order valence-electron chi connectivity index (χ0n) is 9.11. The molecule has 0 unspecified atom stereocenters. The molecule has 0 spiro atoms. The maximum atomic E-state index is 4.28. The third-order valence-electron chi connectivity index (χ3n) is 2.23. The van der Waals surface area contributed by atoms with Crippen LogP contribution in [0.4, 0.5) is 5.82 Å². The van der Waals surface area contributed by atoms with E-state index < -0.39 is 0 Å². The van der Waals surface area contributed by atoms with Crippen molar-refractivity contribution in [2.24, 2.45) is 7.05 Å². The van der Waals surface area contributed by atoms with Crippen molar-refractivity contribution in [3.8, 4) is 0 Å². The lowest BCUT2D eigenvalue weighted by Crippen LogP contribution is -2.02. The van der Waals surface area contributed by atoms with E-state index in [1.807, 2.05) is 20.2 Å². The number of nitrogens with one attached hydrogen (secondary N) is 1. The molecule has 0 radical (unpaired) electrons. The van der Waals surface area contributed by atoms with E-state index in [4.69, 9.17) is 0 Å². The molecule has 0 aliphatic rings. The van der Waals surface area contributed by atoms with Crippen LogP contribution >= 0.6 is 15.9 Å². The van der Waals surface area contributed by atoms with E-state index in [-0.39, 0.29) is 0 Å². The summed E-state index contributed by atoms with van der Waals surface area (Å²) in [7, 11) is 1.91. The number of hydrogen-bond donors (Lipinski definition) is 1. The lowest BCUT2D eigenvalue weighted by molar-refractivity contribution is 0.756. The summed E-state index contributed by atoms with van der Waals surface area (Å²) < 4.78 is 2.66. The molecule has 16 heavy (non-hydrogen) atoms. The normalized spacial score (nSPS) is 10.4. The van der Waals surface area contributed by atoms with Crippen LogP contribution in [0.1, 0.15) is 11.3 Å². The predicted octanol–water partition coefficient (Wildman–Crippen LogP) is 1.89. The fourth-order valence-corrected chi connectivity index (χ4v) is 1.80. The molecule has 1 N–H and O–H groups in total. The highest BCUT2D eigenvalue weighted by molar-refractivity contribution is 9.10. The van der Waals surface area contributed by atoms with Gasteiger partial charge in [-0.1, -0.05) is 0 Å². The van der Waals surface area contributed by atoms with Crippen LogP contribution in [-0.4, -0.2) is 19.7 Å². The van der Waals surface area contributed by atoms with E-state index in [1.165, 1.54) is 6.33 Å². The molecule has 0 aromatic carbocycles. The Labute approximate surface area is 102 Å². The predicted molar refractivity (Wildman–Crippen MR) is 65.0 cm³/mol. The minimum absolute atomic E-state index is 0.704. The summed E-state index contributed by atoms with van der Waals surface area (Å²) in [4.78, 5) is 8.04. The molecule has 2 aromatic heterocycles. The molecule has 0 saturated carbocycles. The third-order valence-corrected chi connectivity index (χ3v) is 2.81. The molecule has 0 saturated heterocycles. The summed E-state index contributed by atoms with van der Waals surface area (Å²) in [6.07, 6.45) is 5.23. The molecule has 6 heteroatoms.